The van der Waals surface area contributed by atoms with Crippen LogP contribution in [0.15, 0.2) is 18.2 Å². The lowest BCUT2D eigenvalue weighted by molar-refractivity contribution is 0.122. The summed E-state index contributed by atoms with van der Waals surface area (Å²) >= 11 is 0. The van der Waals surface area contributed by atoms with Crippen molar-refractivity contribution in [2.75, 3.05) is 44.3 Å². The van der Waals surface area contributed by atoms with E-state index in [2.05, 4.69) is 35.3 Å². The number of hydrogen-bond donors (Lipinski definition) is 1. The van der Waals surface area contributed by atoms with Gasteiger partial charge in [0.1, 0.15) is 0 Å². The summed E-state index contributed by atoms with van der Waals surface area (Å²) in [6.45, 7) is 8.22. The topological polar surface area (TPSA) is 24.5 Å². The quantitative estimate of drug-likeness (QED) is 0.862. The maximum Gasteiger partial charge on any atom is 0.0642 e. The number of nitrogens with zero attached hydrogens (tertiary/aromatic N) is 1. The molecule has 0 amide bonds. The van der Waals surface area contributed by atoms with Gasteiger partial charge in [-0.2, -0.15) is 0 Å². The molecule has 2 aliphatic heterocycles. The zero-order valence-corrected chi connectivity index (χ0v) is 11.1. The molecule has 2 heterocycles. The van der Waals surface area contributed by atoms with Crippen LogP contribution in [0.1, 0.15) is 23.5 Å². The maximum atomic E-state index is 5.46. The Labute approximate surface area is 109 Å². The van der Waals surface area contributed by atoms with E-state index in [0.29, 0.717) is 5.92 Å². The van der Waals surface area contributed by atoms with Crippen molar-refractivity contribution in [3.63, 3.8) is 0 Å². The molecule has 2 fully saturated rings. The van der Waals surface area contributed by atoms with Crippen molar-refractivity contribution in [2.45, 2.75) is 19.3 Å². The van der Waals surface area contributed by atoms with Crippen molar-refractivity contribution in [3.8, 4) is 0 Å². The van der Waals surface area contributed by atoms with Crippen LogP contribution < -0.4 is 10.2 Å². The lowest BCUT2D eigenvalue weighted by Crippen LogP contribution is -2.37. The molecule has 0 radical (unpaired) electrons. The minimum atomic E-state index is 0.684. The molecule has 2 saturated heterocycles. The molecule has 2 aliphatic rings. The summed E-state index contributed by atoms with van der Waals surface area (Å²) in [6, 6.07) is 6.92. The van der Waals surface area contributed by atoms with Gasteiger partial charge in [0.15, 0.2) is 0 Å². The molecule has 0 bridgehead atoms. The zero-order chi connectivity index (χ0) is 12.4. The van der Waals surface area contributed by atoms with Gasteiger partial charge < -0.3 is 15.0 Å². The maximum absolute atomic E-state index is 5.46. The Balaban J connectivity index is 1.91. The fourth-order valence-corrected chi connectivity index (χ4v) is 3.00. The number of nitrogens with one attached hydrogen (secondary N) is 1. The van der Waals surface area contributed by atoms with E-state index in [1.807, 2.05) is 0 Å². The largest absolute Gasteiger partial charge is 0.378 e. The molecule has 0 aliphatic carbocycles. The molecule has 1 aromatic carbocycles. The Morgan fingerprint density at radius 1 is 1.28 bits per heavy atom. The highest BCUT2D eigenvalue weighted by Crippen LogP contribution is 2.32. The number of anilines is 1. The molecule has 1 N–H and O–H groups in total. The Bertz CT molecular complexity index is 407. The predicted molar refractivity (Wildman–Crippen MR) is 74.4 cm³/mol. The first-order chi connectivity index (χ1) is 8.84. The summed E-state index contributed by atoms with van der Waals surface area (Å²) in [6.07, 6.45) is 1.26. The first kappa shape index (κ1) is 12.0. The van der Waals surface area contributed by atoms with Crippen LogP contribution >= 0.6 is 0 Å². The first-order valence-corrected chi connectivity index (χ1v) is 6.98. The van der Waals surface area contributed by atoms with E-state index in [-0.39, 0.29) is 0 Å². The molecule has 1 aromatic rings. The number of benzene rings is 1. The molecule has 0 spiro atoms. The smallest absolute Gasteiger partial charge is 0.0642 e. The van der Waals surface area contributed by atoms with E-state index < -0.39 is 0 Å². The van der Waals surface area contributed by atoms with Gasteiger partial charge in [-0.15, -0.1) is 0 Å². The molecule has 98 valence electrons. The van der Waals surface area contributed by atoms with E-state index in [9.17, 15) is 0 Å². The third kappa shape index (κ3) is 2.38. The molecule has 3 nitrogen and oxygen atoms in total. The summed E-state index contributed by atoms with van der Waals surface area (Å²) in [5.41, 5.74) is 4.31. The summed E-state index contributed by atoms with van der Waals surface area (Å²) in [4.78, 5) is 2.49. The fraction of sp³-hybridized carbons (Fsp3) is 0.600. The monoisotopic (exact) mass is 246 g/mol. The minimum absolute atomic E-state index is 0.684. The lowest BCUT2D eigenvalue weighted by atomic mass is 9.94. The van der Waals surface area contributed by atoms with Crippen LogP contribution in [0.4, 0.5) is 5.69 Å². The first-order valence-electron chi connectivity index (χ1n) is 6.98. The summed E-state index contributed by atoms with van der Waals surface area (Å²) in [7, 11) is 0. The highest BCUT2D eigenvalue weighted by Gasteiger charge is 2.22. The summed E-state index contributed by atoms with van der Waals surface area (Å²) in [5.74, 6) is 0.684. The molecule has 3 heteroatoms. The van der Waals surface area contributed by atoms with Gasteiger partial charge in [-0.1, -0.05) is 12.1 Å². The highest BCUT2D eigenvalue weighted by atomic mass is 16.5. The Kier molecular flexibility index (Phi) is 3.52. The van der Waals surface area contributed by atoms with Crippen LogP contribution in [-0.4, -0.2) is 39.4 Å². The van der Waals surface area contributed by atoms with Gasteiger partial charge in [-0.3, -0.25) is 0 Å². The van der Waals surface area contributed by atoms with Crippen molar-refractivity contribution in [2.24, 2.45) is 0 Å². The second kappa shape index (κ2) is 5.29. The SMILES string of the molecule is Cc1ccc(C2CCNC2)c(N2CCOCC2)c1. The van der Waals surface area contributed by atoms with Crippen molar-refractivity contribution in [3.05, 3.63) is 29.3 Å². The van der Waals surface area contributed by atoms with E-state index >= 15 is 0 Å². The lowest BCUT2D eigenvalue weighted by Gasteiger charge is -2.32. The van der Waals surface area contributed by atoms with Crippen molar-refractivity contribution < 1.29 is 4.74 Å². The average Bonchev–Trinajstić information content (AvgIpc) is 2.93. The van der Waals surface area contributed by atoms with Crippen LogP contribution in [0.25, 0.3) is 0 Å². The average molecular weight is 246 g/mol. The molecule has 18 heavy (non-hydrogen) atoms. The van der Waals surface area contributed by atoms with Gasteiger partial charge in [-0.25, -0.2) is 0 Å². The second-order valence-corrected chi connectivity index (χ2v) is 5.35. The van der Waals surface area contributed by atoms with Gasteiger partial charge in [0, 0.05) is 25.3 Å². The third-order valence-corrected chi connectivity index (χ3v) is 4.04. The van der Waals surface area contributed by atoms with Crippen LogP contribution in [0.2, 0.25) is 0 Å². The standard InChI is InChI=1S/C15H22N2O/c1-12-2-3-14(13-4-5-16-11-13)15(10-12)17-6-8-18-9-7-17/h2-3,10,13,16H,4-9,11H2,1H3. The van der Waals surface area contributed by atoms with Crippen molar-refractivity contribution in [1.29, 1.82) is 0 Å². The van der Waals surface area contributed by atoms with Gasteiger partial charge in [0.2, 0.25) is 0 Å². The highest BCUT2D eigenvalue weighted by molar-refractivity contribution is 5.57. The van der Waals surface area contributed by atoms with Crippen LogP contribution in [0, 0.1) is 6.92 Å². The van der Waals surface area contributed by atoms with Gasteiger partial charge >= 0.3 is 0 Å². The van der Waals surface area contributed by atoms with Crippen LogP contribution in [0.5, 0.6) is 0 Å². The molecular weight excluding hydrogens is 224 g/mol. The number of rotatable bonds is 2. The summed E-state index contributed by atoms with van der Waals surface area (Å²) in [5, 5.41) is 3.47. The number of ether oxygens (including phenoxy) is 1. The fourth-order valence-electron chi connectivity index (χ4n) is 3.00. The second-order valence-electron chi connectivity index (χ2n) is 5.35. The number of hydrogen-bond acceptors (Lipinski definition) is 3. The van der Waals surface area contributed by atoms with E-state index in [1.54, 1.807) is 0 Å². The van der Waals surface area contributed by atoms with E-state index in [1.165, 1.54) is 23.2 Å². The third-order valence-electron chi connectivity index (χ3n) is 4.04. The molecule has 3 rings (SSSR count). The molecular formula is C15H22N2O. The molecule has 0 saturated carbocycles. The van der Waals surface area contributed by atoms with Crippen LogP contribution in [0.3, 0.4) is 0 Å². The van der Waals surface area contributed by atoms with Gasteiger partial charge in [0.25, 0.3) is 0 Å². The van der Waals surface area contributed by atoms with E-state index in [0.717, 1.165) is 39.4 Å². The van der Waals surface area contributed by atoms with Gasteiger partial charge in [-0.05, 0) is 43.0 Å². The molecule has 1 atom stereocenters. The van der Waals surface area contributed by atoms with Crippen molar-refractivity contribution in [1.82, 2.24) is 5.32 Å². The Morgan fingerprint density at radius 2 is 2.11 bits per heavy atom. The van der Waals surface area contributed by atoms with Crippen LogP contribution in [-0.2, 0) is 4.74 Å². The van der Waals surface area contributed by atoms with Gasteiger partial charge in [0.05, 0.1) is 13.2 Å². The van der Waals surface area contributed by atoms with E-state index in [4.69, 9.17) is 4.74 Å². The predicted octanol–water partition coefficient (Wildman–Crippen LogP) is 1.91. The van der Waals surface area contributed by atoms with Crippen molar-refractivity contribution >= 4 is 5.69 Å². The molecule has 1 unspecified atom stereocenters. The number of aryl methyl sites for hydroxylation is 1. The summed E-state index contributed by atoms with van der Waals surface area (Å²) < 4.78 is 5.46. The minimum Gasteiger partial charge on any atom is -0.378 e. The molecule has 0 aromatic heterocycles. The number of morpholine rings is 1. The Morgan fingerprint density at radius 3 is 2.83 bits per heavy atom. The Hall–Kier alpha value is -1.06. The normalized spacial score (nSPS) is 24.5. The zero-order valence-electron chi connectivity index (χ0n) is 11.1.